The van der Waals surface area contributed by atoms with Gasteiger partial charge in [-0.15, -0.1) is 0 Å². The second-order valence-corrected chi connectivity index (χ2v) is 6.36. The van der Waals surface area contributed by atoms with E-state index in [0.29, 0.717) is 36.3 Å². The molecule has 1 N–H and O–H groups in total. The third-order valence-corrected chi connectivity index (χ3v) is 4.40. The van der Waals surface area contributed by atoms with Crippen molar-refractivity contribution in [2.24, 2.45) is 0 Å². The van der Waals surface area contributed by atoms with Crippen molar-refractivity contribution in [3.8, 4) is 11.5 Å². The Kier molecular flexibility index (Phi) is 5.72. The molecule has 1 aliphatic rings. The van der Waals surface area contributed by atoms with Crippen LogP contribution in [0.4, 0.5) is 0 Å². The van der Waals surface area contributed by atoms with Crippen LogP contribution in [0.2, 0.25) is 0 Å². The van der Waals surface area contributed by atoms with Crippen molar-refractivity contribution in [2.75, 3.05) is 40.4 Å². The molecule has 1 saturated heterocycles. The van der Waals surface area contributed by atoms with Crippen molar-refractivity contribution >= 4 is 5.91 Å². The smallest absolute Gasteiger partial charge is 0.234 e. The maximum Gasteiger partial charge on any atom is 0.234 e. The normalized spacial score (nSPS) is 14.7. The molecule has 8 heteroatoms. The number of nitrogens with zero attached hydrogens (tertiary/aromatic N) is 3. The molecule has 0 unspecified atom stereocenters. The van der Waals surface area contributed by atoms with Gasteiger partial charge in [0.1, 0.15) is 0 Å². The van der Waals surface area contributed by atoms with E-state index in [2.05, 4.69) is 20.4 Å². The largest absolute Gasteiger partial charge is 0.493 e. The van der Waals surface area contributed by atoms with E-state index in [0.717, 1.165) is 25.1 Å². The van der Waals surface area contributed by atoms with Crippen molar-refractivity contribution in [3.05, 3.63) is 35.5 Å². The summed E-state index contributed by atoms with van der Waals surface area (Å²) in [6.45, 7) is 4.30. The first-order valence-electron chi connectivity index (χ1n) is 8.59. The molecule has 0 bridgehead atoms. The topological polar surface area (TPSA) is 89.7 Å². The van der Waals surface area contributed by atoms with Gasteiger partial charge in [0.25, 0.3) is 0 Å². The number of nitrogens with one attached hydrogen (secondary N) is 1. The van der Waals surface area contributed by atoms with Gasteiger partial charge < -0.3 is 19.3 Å². The highest BCUT2D eigenvalue weighted by molar-refractivity contribution is 5.78. The molecule has 1 fully saturated rings. The monoisotopic (exact) mass is 360 g/mol. The summed E-state index contributed by atoms with van der Waals surface area (Å²) in [6.07, 6.45) is 0.732. The summed E-state index contributed by atoms with van der Waals surface area (Å²) >= 11 is 0. The Hall–Kier alpha value is -2.61. The number of rotatable bonds is 8. The van der Waals surface area contributed by atoms with Gasteiger partial charge in [-0.05, 0) is 31.0 Å². The summed E-state index contributed by atoms with van der Waals surface area (Å²) in [7, 11) is 3.22. The van der Waals surface area contributed by atoms with Crippen LogP contribution >= 0.6 is 0 Å². The lowest BCUT2D eigenvalue weighted by atomic mass is 10.0. The molecule has 1 aromatic carbocycles. The maximum atomic E-state index is 12.1. The molecule has 3 rings (SSSR count). The van der Waals surface area contributed by atoms with Crippen LogP contribution in [0.25, 0.3) is 0 Å². The molecule has 140 valence electrons. The number of methoxy groups -OCH3 is 2. The Bertz CT molecular complexity index is 755. The molecular formula is C18H24N4O4. The summed E-state index contributed by atoms with van der Waals surface area (Å²) in [4.78, 5) is 18.4. The molecule has 0 spiro atoms. The number of hydrogen-bond acceptors (Lipinski definition) is 7. The van der Waals surface area contributed by atoms with Crippen molar-refractivity contribution in [1.82, 2.24) is 20.4 Å². The molecule has 1 aromatic heterocycles. The Morgan fingerprint density at radius 2 is 2.08 bits per heavy atom. The molecule has 26 heavy (non-hydrogen) atoms. The highest BCUT2D eigenvalue weighted by Crippen LogP contribution is 2.27. The van der Waals surface area contributed by atoms with E-state index < -0.39 is 0 Å². The number of aromatic nitrogens is 2. The maximum absolute atomic E-state index is 12.1. The van der Waals surface area contributed by atoms with E-state index in [1.165, 1.54) is 0 Å². The van der Waals surface area contributed by atoms with Gasteiger partial charge in [0.2, 0.25) is 11.8 Å². The number of carbonyl (C=O) groups excluding carboxylic acids is 1. The second kappa shape index (κ2) is 8.18. The van der Waals surface area contributed by atoms with Gasteiger partial charge in [0, 0.05) is 19.6 Å². The molecule has 0 radical (unpaired) electrons. The van der Waals surface area contributed by atoms with Crippen LogP contribution in [-0.2, 0) is 11.2 Å². The number of ether oxygens (including phenoxy) is 2. The fourth-order valence-electron chi connectivity index (χ4n) is 2.98. The van der Waals surface area contributed by atoms with E-state index in [1.807, 2.05) is 18.2 Å². The van der Waals surface area contributed by atoms with Gasteiger partial charge in [0.15, 0.2) is 17.3 Å². The summed E-state index contributed by atoms with van der Waals surface area (Å²) in [5, 5.41) is 6.75. The first-order chi connectivity index (χ1) is 12.6. The standard InChI is InChI=1S/C18H24N4O4/c1-12-20-18(26-21-12)14-9-22(10-14)11-17(23)19-7-6-13-4-5-15(24-2)16(8-13)25-3/h4-5,8,14H,6-7,9-11H2,1-3H3,(H,19,23). The third kappa shape index (κ3) is 4.32. The highest BCUT2D eigenvalue weighted by Gasteiger charge is 2.33. The zero-order valence-corrected chi connectivity index (χ0v) is 15.3. The first-order valence-corrected chi connectivity index (χ1v) is 8.59. The van der Waals surface area contributed by atoms with Crippen molar-refractivity contribution in [1.29, 1.82) is 0 Å². The number of likely N-dealkylation sites (tertiary alicyclic amines) is 1. The first kappa shape index (κ1) is 18.2. The van der Waals surface area contributed by atoms with Gasteiger partial charge in [-0.3, -0.25) is 9.69 Å². The molecule has 2 aromatic rings. The Morgan fingerprint density at radius 1 is 1.31 bits per heavy atom. The van der Waals surface area contributed by atoms with Gasteiger partial charge in [0.05, 0.1) is 26.7 Å². The molecule has 1 amide bonds. The molecule has 1 aliphatic heterocycles. The quantitative estimate of drug-likeness (QED) is 0.755. The average molecular weight is 360 g/mol. The molecule has 8 nitrogen and oxygen atoms in total. The van der Waals surface area contributed by atoms with Crippen molar-refractivity contribution in [2.45, 2.75) is 19.3 Å². The van der Waals surface area contributed by atoms with Crippen LogP contribution < -0.4 is 14.8 Å². The molecule has 2 heterocycles. The highest BCUT2D eigenvalue weighted by atomic mass is 16.5. The van der Waals surface area contributed by atoms with Gasteiger partial charge in [-0.1, -0.05) is 11.2 Å². The summed E-state index contributed by atoms with van der Waals surface area (Å²) in [6, 6.07) is 5.77. The number of hydrogen-bond donors (Lipinski definition) is 1. The zero-order chi connectivity index (χ0) is 18.5. The number of aryl methyl sites for hydroxylation is 1. The number of benzene rings is 1. The minimum absolute atomic E-state index is 0.0191. The van der Waals surface area contributed by atoms with E-state index in [9.17, 15) is 4.79 Å². The van der Waals surface area contributed by atoms with Crippen molar-refractivity contribution in [3.63, 3.8) is 0 Å². The van der Waals surface area contributed by atoms with Crippen LogP contribution in [0, 0.1) is 6.92 Å². The predicted octanol–water partition coefficient (Wildman–Crippen LogP) is 1.15. The SMILES string of the molecule is COc1ccc(CCNC(=O)CN2CC(c3nc(C)no3)C2)cc1OC. The van der Waals surface area contributed by atoms with Gasteiger partial charge in [-0.2, -0.15) is 4.98 Å². The van der Waals surface area contributed by atoms with Crippen molar-refractivity contribution < 1.29 is 18.8 Å². The Morgan fingerprint density at radius 3 is 2.73 bits per heavy atom. The van der Waals surface area contributed by atoms with E-state index >= 15 is 0 Å². The van der Waals surface area contributed by atoms with Crippen LogP contribution in [0.1, 0.15) is 23.2 Å². The number of amides is 1. The fraction of sp³-hybridized carbons (Fsp3) is 0.500. The predicted molar refractivity (Wildman–Crippen MR) is 94.5 cm³/mol. The molecule has 0 atom stereocenters. The van der Waals surface area contributed by atoms with Crippen LogP contribution in [0.15, 0.2) is 22.7 Å². The fourth-order valence-corrected chi connectivity index (χ4v) is 2.98. The Balaban J connectivity index is 1.37. The van der Waals surface area contributed by atoms with E-state index in [-0.39, 0.29) is 11.8 Å². The second-order valence-electron chi connectivity index (χ2n) is 6.36. The van der Waals surface area contributed by atoms with Crippen LogP contribution in [0.3, 0.4) is 0 Å². The molecule has 0 aliphatic carbocycles. The lowest BCUT2D eigenvalue weighted by Crippen LogP contribution is -2.49. The van der Waals surface area contributed by atoms with Gasteiger partial charge in [-0.25, -0.2) is 0 Å². The summed E-state index contributed by atoms with van der Waals surface area (Å²) < 4.78 is 15.7. The third-order valence-electron chi connectivity index (χ3n) is 4.40. The van der Waals surface area contributed by atoms with Gasteiger partial charge >= 0.3 is 0 Å². The molecule has 0 saturated carbocycles. The Labute approximate surface area is 152 Å². The lowest BCUT2D eigenvalue weighted by molar-refractivity contribution is -0.123. The van der Waals surface area contributed by atoms with E-state index in [1.54, 1.807) is 21.1 Å². The minimum Gasteiger partial charge on any atom is -0.493 e. The van der Waals surface area contributed by atoms with E-state index in [4.69, 9.17) is 14.0 Å². The van der Waals surface area contributed by atoms with Crippen LogP contribution in [0.5, 0.6) is 11.5 Å². The minimum atomic E-state index is 0.0191. The zero-order valence-electron chi connectivity index (χ0n) is 15.3. The summed E-state index contributed by atoms with van der Waals surface area (Å²) in [5.74, 6) is 2.95. The molecular weight excluding hydrogens is 336 g/mol. The van der Waals surface area contributed by atoms with Crippen LogP contribution in [-0.4, -0.2) is 61.3 Å². The number of carbonyl (C=O) groups is 1. The lowest BCUT2D eigenvalue weighted by Gasteiger charge is -2.36. The average Bonchev–Trinajstić information content (AvgIpc) is 3.03. The summed E-state index contributed by atoms with van der Waals surface area (Å²) in [5.41, 5.74) is 1.08.